The Balaban J connectivity index is 1.88. The average molecular weight is 403 g/mol. The van der Waals surface area contributed by atoms with Crippen molar-refractivity contribution in [2.24, 2.45) is 0 Å². The van der Waals surface area contributed by atoms with Gasteiger partial charge in [0.25, 0.3) is 0 Å². The van der Waals surface area contributed by atoms with Gasteiger partial charge in [0.2, 0.25) is 4.99 Å². The summed E-state index contributed by atoms with van der Waals surface area (Å²) in [5.41, 5.74) is 2.54. The van der Waals surface area contributed by atoms with E-state index in [1.54, 1.807) is 4.90 Å². The Morgan fingerprint density at radius 1 is 0.929 bits per heavy atom. The van der Waals surface area contributed by atoms with Crippen LogP contribution in [0.4, 0.5) is 11.4 Å². The Morgan fingerprint density at radius 2 is 1.57 bits per heavy atom. The lowest BCUT2D eigenvalue weighted by Crippen LogP contribution is -2.56. The van der Waals surface area contributed by atoms with E-state index in [1.807, 2.05) is 54.6 Å². The van der Waals surface area contributed by atoms with Crippen molar-refractivity contribution in [3.8, 4) is 0 Å². The van der Waals surface area contributed by atoms with E-state index in [-0.39, 0.29) is 0 Å². The molecule has 152 valence electrons. The minimum absolute atomic E-state index is 0.333. The second-order valence-corrected chi connectivity index (χ2v) is 9.12. The quantitative estimate of drug-likeness (QED) is 0.411. The minimum Gasteiger partial charge on any atom is -0.346 e. The lowest BCUT2D eigenvalue weighted by atomic mass is 10.1. The van der Waals surface area contributed by atoms with Crippen molar-refractivity contribution >= 4 is 21.5 Å². The van der Waals surface area contributed by atoms with Gasteiger partial charge in [-0.2, -0.15) is 8.42 Å². The van der Waals surface area contributed by atoms with E-state index in [0.29, 0.717) is 13.0 Å². The fraction of sp³-hybridized carbons (Fsp3) is 0.455. The van der Waals surface area contributed by atoms with Crippen LogP contribution in [0.25, 0.3) is 0 Å². The molecular formula is C22H30N2O3S. The summed E-state index contributed by atoms with van der Waals surface area (Å²) in [4.78, 5) is 0.274. The number of hydrogen-bond donors (Lipinski definition) is 2. The standard InChI is InChI=1S/C22H30N2O3S/c1-2-3-4-5-6-12-17-22(28(25,26)27)23-20-15-10-11-16-21(20)24(22)18-19-13-8-7-9-14-19/h7-11,13-16,23H,2-6,12,17-18H2,1H3,(H,25,26,27). The Labute approximate surface area is 168 Å². The van der Waals surface area contributed by atoms with E-state index in [0.717, 1.165) is 42.6 Å². The zero-order valence-corrected chi connectivity index (χ0v) is 17.3. The third-order valence-corrected chi connectivity index (χ3v) is 6.82. The Morgan fingerprint density at radius 3 is 2.29 bits per heavy atom. The highest BCUT2D eigenvalue weighted by atomic mass is 32.2. The second kappa shape index (κ2) is 8.97. The molecule has 0 amide bonds. The lowest BCUT2D eigenvalue weighted by Gasteiger charge is -2.37. The molecule has 0 saturated carbocycles. The van der Waals surface area contributed by atoms with Crippen LogP contribution in [-0.2, 0) is 16.7 Å². The molecular weight excluding hydrogens is 372 g/mol. The number of hydrogen-bond acceptors (Lipinski definition) is 4. The van der Waals surface area contributed by atoms with Crippen LogP contribution in [0, 0.1) is 0 Å². The normalized spacial score (nSPS) is 18.7. The molecule has 1 unspecified atom stereocenters. The molecule has 0 fully saturated rings. The predicted octanol–water partition coefficient (Wildman–Crippen LogP) is 5.41. The van der Waals surface area contributed by atoms with Crippen LogP contribution in [0.3, 0.4) is 0 Å². The lowest BCUT2D eigenvalue weighted by molar-refractivity contribution is 0.408. The van der Waals surface area contributed by atoms with Gasteiger partial charge < -0.3 is 10.2 Å². The van der Waals surface area contributed by atoms with Gasteiger partial charge in [-0.15, -0.1) is 0 Å². The predicted molar refractivity (Wildman–Crippen MR) is 115 cm³/mol. The van der Waals surface area contributed by atoms with Crippen molar-refractivity contribution in [2.75, 3.05) is 10.2 Å². The van der Waals surface area contributed by atoms with Crippen LogP contribution < -0.4 is 10.2 Å². The minimum atomic E-state index is -4.38. The van der Waals surface area contributed by atoms with Crippen molar-refractivity contribution in [2.45, 2.75) is 63.4 Å². The van der Waals surface area contributed by atoms with Gasteiger partial charge in [-0.1, -0.05) is 81.5 Å². The highest BCUT2D eigenvalue weighted by Gasteiger charge is 2.52. The molecule has 5 nitrogen and oxygen atoms in total. The number of anilines is 2. The first-order valence-corrected chi connectivity index (χ1v) is 11.6. The summed E-state index contributed by atoms with van der Waals surface area (Å²) >= 11 is 0. The van der Waals surface area contributed by atoms with Crippen LogP contribution in [0.2, 0.25) is 0 Å². The molecule has 2 aromatic carbocycles. The molecule has 0 aliphatic carbocycles. The van der Waals surface area contributed by atoms with Crippen LogP contribution in [0.1, 0.15) is 57.4 Å². The topological polar surface area (TPSA) is 69.6 Å². The van der Waals surface area contributed by atoms with Gasteiger partial charge in [0.05, 0.1) is 11.4 Å². The number of rotatable bonds is 10. The molecule has 3 rings (SSSR count). The maximum atomic E-state index is 12.6. The van der Waals surface area contributed by atoms with E-state index >= 15 is 0 Å². The van der Waals surface area contributed by atoms with Crippen molar-refractivity contribution in [1.82, 2.24) is 0 Å². The fourth-order valence-electron chi connectivity index (χ4n) is 3.94. The molecule has 2 N–H and O–H groups in total. The van der Waals surface area contributed by atoms with E-state index in [9.17, 15) is 13.0 Å². The molecule has 1 aliphatic heterocycles. The fourth-order valence-corrected chi connectivity index (χ4v) is 5.02. The van der Waals surface area contributed by atoms with Crippen molar-refractivity contribution in [1.29, 1.82) is 0 Å². The van der Waals surface area contributed by atoms with Gasteiger partial charge in [0.15, 0.2) is 0 Å². The maximum absolute atomic E-state index is 12.6. The summed E-state index contributed by atoms with van der Waals surface area (Å²) in [6.45, 7) is 2.58. The largest absolute Gasteiger partial charge is 0.346 e. The summed E-state index contributed by atoms with van der Waals surface area (Å²) < 4.78 is 35.6. The number of benzene rings is 2. The number of fused-ring (bicyclic) bond motifs is 1. The zero-order chi connectivity index (χ0) is 20.0. The summed E-state index contributed by atoms with van der Waals surface area (Å²) in [5, 5.41) is 3.15. The molecule has 28 heavy (non-hydrogen) atoms. The summed E-state index contributed by atoms with van der Waals surface area (Å²) in [6.07, 6.45) is 6.64. The highest BCUT2D eigenvalue weighted by molar-refractivity contribution is 7.87. The van der Waals surface area contributed by atoms with Gasteiger partial charge in [-0.25, -0.2) is 0 Å². The highest BCUT2D eigenvalue weighted by Crippen LogP contribution is 2.45. The van der Waals surface area contributed by atoms with Crippen molar-refractivity contribution < 1.29 is 13.0 Å². The van der Waals surface area contributed by atoms with E-state index in [4.69, 9.17) is 0 Å². The van der Waals surface area contributed by atoms with Crippen molar-refractivity contribution in [3.63, 3.8) is 0 Å². The zero-order valence-electron chi connectivity index (χ0n) is 16.5. The Kier molecular flexibility index (Phi) is 6.62. The number of nitrogens with zero attached hydrogens (tertiary/aromatic N) is 1. The summed E-state index contributed by atoms with van der Waals surface area (Å²) in [7, 11) is -4.38. The molecule has 0 radical (unpaired) electrons. The third kappa shape index (κ3) is 4.33. The molecule has 0 spiro atoms. The van der Waals surface area contributed by atoms with Gasteiger partial charge in [0.1, 0.15) is 0 Å². The number of para-hydroxylation sites is 2. The molecule has 0 saturated heterocycles. The first-order valence-electron chi connectivity index (χ1n) is 10.1. The maximum Gasteiger partial charge on any atom is 0.308 e. The summed E-state index contributed by atoms with van der Waals surface area (Å²) in [6, 6.07) is 17.3. The van der Waals surface area contributed by atoms with E-state index < -0.39 is 15.1 Å². The summed E-state index contributed by atoms with van der Waals surface area (Å²) in [5.74, 6) is 0. The number of nitrogens with one attached hydrogen (secondary N) is 1. The van der Waals surface area contributed by atoms with Crippen LogP contribution in [0.15, 0.2) is 54.6 Å². The molecule has 0 bridgehead atoms. The first kappa shape index (κ1) is 20.7. The molecule has 1 aliphatic rings. The van der Waals surface area contributed by atoms with Gasteiger partial charge in [0, 0.05) is 13.0 Å². The van der Waals surface area contributed by atoms with Gasteiger partial charge in [-0.3, -0.25) is 4.55 Å². The molecule has 6 heteroatoms. The van der Waals surface area contributed by atoms with Crippen LogP contribution in [0.5, 0.6) is 0 Å². The SMILES string of the molecule is CCCCCCCCC1(S(=O)(=O)O)Nc2ccccc2N1Cc1ccccc1. The Bertz CT molecular complexity index is 870. The third-order valence-electron chi connectivity index (χ3n) is 5.44. The number of unbranched alkanes of at least 4 members (excludes halogenated alkanes) is 5. The first-order chi connectivity index (χ1) is 13.5. The van der Waals surface area contributed by atoms with E-state index in [2.05, 4.69) is 12.2 Å². The molecule has 1 heterocycles. The van der Waals surface area contributed by atoms with Crippen LogP contribution in [-0.4, -0.2) is 18.0 Å². The Hall–Kier alpha value is -2.05. The van der Waals surface area contributed by atoms with Crippen molar-refractivity contribution in [3.05, 3.63) is 60.2 Å². The van der Waals surface area contributed by atoms with Gasteiger partial charge in [-0.05, 0) is 24.1 Å². The molecule has 0 aromatic heterocycles. The molecule has 2 aromatic rings. The monoisotopic (exact) mass is 402 g/mol. The van der Waals surface area contributed by atoms with Gasteiger partial charge >= 0.3 is 10.1 Å². The molecule has 1 atom stereocenters. The smallest absolute Gasteiger partial charge is 0.308 e. The average Bonchev–Trinajstić information content (AvgIpc) is 3.00. The van der Waals surface area contributed by atoms with Crippen LogP contribution >= 0.6 is 0 Å². The van der Waals surface area contributed by atoms with E-state index in [1.165, 1.54) is 12.8 Å². The second-order valence-electron chi connectivity index (χ2n) is 7.49.